The molecule has 0 aromatic carbocycles. The lowest BCUT2D eigenvalue weighted by Crippen LogP contribution is -2.37. The molecule has 1 fully saturated rings. The van der Waals surface area contributed by atoms with Crippen LogP contribution in [0, 0.1) is 5.41 Å². The van der Waals surface area contributed by atoms with Crippen LogP contribution in [0.3, 0.4) is 0 Å². The Kier molecular flexibility index (Phi) is 10.0. The molecule has 2 rings (SSSR count). The van der Waals surface area contributed by atoms with Crippen LogP contribution in [-0.4, -0.2) is 31.3 Å². The molecule has 0 aromatic heterocycles. The minimum absolute atomic E-state index is 0.417. The van der Waals surface area contributed by atoms with E-state index >= 15 is 0 Å². The van der Waals surface area contributed by atoms with E-state index in [1.54, 1.807) is 11.8 Å². The lowest BCUT2D eigenvalue weighted by atomic mass is 9.70. The standard InChI is InChI=1S/C15H23N.C2H6.CH4S/c1-4-13-7-5-6-8-14(13)15(2)9-11-16(3)12-10-15;2*1-2/h4-5,7H,1,6,8-12H2,2-3H3;1-2H3;2H,1H3. The quantitative estimate of drug-likeness (QED) is 0.692. The average molecular weight is 296 g/mol. The number of rotatable bonds is 2. The molecule has 0 spiro atoms. The predicted molar refractivity (Wildman–Crippen MR) is 96.7 cm³/mol. The highest BCUT2D eigenvalue weighted by atomic mass is 32.1. The normalized spacial score (nSPS) is 21.3. The van der Waals surface area contributed by atoms with Crippen molar-refractivity contribution in [3.8, 4) is 0 Å². The molecule has 1 aliphatic carbocycles. The maximum Gasteiger partial charge on any atom is -0.00135 e. The third-order valence-electron chi connectivity index (χ3n) is 4.25. The summed E-state index contributed by atoms with van der Waals surface area (Å²) in [5.74, 6) is 0. The fourth-order valence-electron chi connectivity index (χ4n) is 2.94. The first-order chi connectivity index (χ1) is 9.65. The van der Waals surface area contributed by atoms with Gasteiger partial charge in [-0.15, -0.1) is 0 Å². The molecular formula is C18H33NS. The van der Waals surface area contributed by atoms with Gasteiger partial charge in [-0.1, -0.05) is 51.2 Å². The summed E-state index contributed by atoms with van der Waals surface area (Å²) in [6, 6.07) is 0. The maximum absolute atomic E-state index is 3.96. The first-order valence-corrected chi connectivity index (χ1v) is 8.71. The van der Waals surface area contributed by atoms with Crippen molar-refractivity contribution in [3.63, 3.8) is 0 Å². The van der Waals surface area contributed by atoms with Gasteiger partial charge in [0.1, 0.15) is 0 Å². The topological polar surface area (TPSA) is 3.24 Å². The van der Waals surface area contributed by atoms with Gasteiger partial charge in [0.05, 0.1) is 0 Å². The van der Waals surface area contributed by atoms with Crippen molar-refractivity contribution < 1.29 is 0 Å². The smallest absolute Gasteiger partial charge is 0.00135 e. The van der Waals surface area contributed by atoms with E-state index in [0.29, 0.717) is 5.41 Å². The third kappa shape index (κ3) is 5.14. The fourth-order valence-corrected chi connectivity index (χ4v) is 2.94. The summed E-state index contributed by atoms with van der Waals surface area (Å²) in [7, 11) is 2.23. The van der Waals surface area contributed by atoms with Gasteiger partial charge < -0.3 is 4.90 Å². The van der Waals surface area contributed by atoms with Crippen molar-refractivity contribution >= 4 is 12.6 Å². The third-order valence-corrected chi connectivity index (χ3v) is 4.25. The minimum atomic E-state index is 0.417. The molecule has 20 heavy (non-hydrogen) atoms. The molecule has 0 atom stereocenters. The number of piperidine rings is 1. The van der Waals surface area contributed by atoms with Gasteiger partial charge >= 0.3 is 0 Å². The van der Waals surface area contributed by atoms with Crippen LogP contribution in [0.25, 0.3) is 0 Å². The minimum Gasteiger partial charge on any atom is -0.306 e. The van der Waals surface area contributed by atoms with E-state index in [4.69, 9.17) is 0 Å². The SMILES string of the molecule is C=CC1=C(C2(C)CCN(C)CC2)CCC=C1.CC.CS. The van der Waals surface area contributed by atoms with E-state index in [2.05, 4.69) is 50.2 Å². The van der Waals surface area contributed by atoms with Crippen molar-refractivity contribution in [3.05, 3.63) is 36.0 Å². The van der Waals surface area contributed by atoms with Gasteiger partial charge in [0.15, 0.2) is 0 Å². The average Bonchev–Trinajstić information content (AvgIpc) is 2.54. The zero-order chi connectivity index (χ0) is 15.6. The molecule has 1 aliphatic heterocycles. The molecule has 0 amide bonds. The molecule has 1 nitrogen and oxygen atoms in total. The van der Waals surface area contributed by atoms with Gasteiger partial charge in [-0.05, 0) is 63.1 Å². The Balaban J connectivity index is 0.000000829. The zero-order valence-corrected chi connectivity index (χ0v) is 15.0. The van der Waals surface area contributed by atoms with Crippen LogP contribution < -0.4 is 0 Å². The van der Waals surface area contributed by atoms with E-state index < -0.39 is 0 Å². The van der Waals surface area contributed by atoms with Gasteiger partial charge in [-0.25, -0.2) is 0 Å². The van der Waals surface area contributed by atoms with Gasteiger partial charge in [0, 0.05) is 0 Å². The number of allylic oxidation sites excluding steroid dienone is 5. The first-order valence-electron chi connectivity index (χ1n) is 7.81. The van der Waals surface area contributed by atoms with Crippen molar-refractivity contribution in [2.24, 2.45) is 5.41 Å². The second kappa shape index (κ2) is 10.3. The Morgan fingerprint density at radius 1 is 1.25 bits per heavy atom. The van der Waals surface area contributed by atoms with E-state index in [9.17, 15) is 0 Å². The van der Waals surface area contributed by atoms with Crippen molar-refractivity contribution in [2.45, 2.75) is 46.5 Å². The van der Waals surface area contributed by atoms with E-state index in [1.807, 2.05) is 19.9 Å². The maximum atomic E-state index is 3.96. The van der Waals surface area contributed by atoms with Crippen LogP contribution in [0.1, 0.15) is 46.5 Å². The summed E-state index contributed by atoms with van der Waals surface area (Å²) in [6.07, 6.45) is 13.3. The van der Waals surface area contributed by atoms with Crippen LogP contribution in [-0.2, 0) is 0 Å². The van der Waals surface area contributed by atoms with Crippen LogP contribution >= 0.6 is 12.6 Å². The fraction of sp³-hybridized carbons (Fsp3) is 0.667. The highest BCUT2D eigenvalue weighted by Crippen LogP contribution is 2.43. The second-order valence-electron chi connectivity index (χ2n) is 5.44. The molecule has 0 aromatic rings. The van der Waals surface area contributed by atoms with Crippen LogP contribution in [0.5, 0.6) is 0 Å². The zero-order valence-electron chi connectivity index (χ0n) is 14.1. The monoisotopic (exact) mass is 295 g/mol. The summed E-state index contributed by atoms with van der Waals surface area (Å²) in [5, 5.41) is 0. The summed E-state index contributed by atoms with van der Waals surface area (Å²) in [5.41, 5.74) is 3.46. The molecule has 116 valence electrons. The molecule has 2 heteroatoms. The predicted octanol–water partition coefficient (Wildman–Crippen LogP) is 5.12. The van der Waals surface area contributed by atoms with E-state index in [-0.39, 0.29) is 0 Å². The van der Waals surface area contributed by atoms with Gasteiger partial charge in [0.25, 0.3) is 0 Å². The lowest BCUT2D eigenvalue weighted by Gasteiger charge is -2.41. The number of nitrogens with zero attached hydrogens (tertiary/aromatic N) is 1. The van der Waals surface area contributed by atoms with Gasteiger partial charge in [0.2, 0.25) is 0 Å². The number of thiol groups is 1. The highest BCUT2D eigenvalue weighted by Gasteiger charge is 2.33. The Labute approximate surface area is 132 Å². The molecule has 1 heterocycles. The molecule has 0 bridgehead atoms. The Hall–Kier alpha value is -0.470. The van der Waals surface area contributed by atoms with Crippen molar-refractivity contribution in [1.82, 2.24) is 4.90 Å². The van der Waals surface area contributed by atoms with Gasteiger partial charge in [-0.3, -0.25) is 0 Å². The van der Waals surface area contributed by atoms with Crippen LogP contribution in [0.4, 0.5) is 0 Å². The lowest BCUT2D eigenvalue weighted by molar-refractivity contribution is 0.166. The molecule has 1 saturated heterocycles. The van der Waals surface area contributed by atoms with Crippen LogP contribution in [0.2, 0.25) is 0 Å². The molecular weight excluding hydrogens is 262 g/mol. The van der Waals surface area contributed by atoms with Crippen molar-refractivity contribution in [1.29, 1.82) is 0 Å². The Morgan fingerprint density at radius 2 is 1.80 bits per heavy atom. The second-order valence-corrected chi connectivity index (χ2v) is 5.44. The molecule has 2 aliphatic rings. The number of likely N-dealkylation sites (tertiary alicyclic amines) is 1. The summed E-state index contributed by atoms with van der Waals surface area (Å²) in [6.45, 7) is 12.9. The molecule has 0 N–H and O–H groups in total. The summed E-state index contributed by atoms with van der Waals surface area (Å²) >= 11 is 3.53. The molecule has 0 radical (unpaired) electrons. The van der Waals surface area contributed by atoms with Gasteiger partial charge in [-0.2, -0.15) is 12.6 Å². The number of hydrogen-bond acceptors (Lipinski definition) is 2. The largest absolute Gasteiger partial charge is 0.306 e. The van der Waals surface area contributed by atoms with E-state index in [1.165, 1.54) is 44.3 Å². The van der Waals surface area contributed by atoms with Crippen molar-refractivity contribution in [2.75, 3.05) is 26.4 Å². The summed E-state index contributed by atoms with van der Waals surface area (Å²) in [4.78, 5) is 2.44. The first kappa shape index (κ1) is 19.5. The number of hydrogen-bond donors (Lipinski definition) is 1. The summed E-state index contributed by atoms with van der Waals surface area (Å²) < 4.78 is 0. The highest BCUT2D eigenvalue weighted by molar-refractivity contribution is 7.79. The molecule has 0 saturated carbocycles. The Bertz CT molecular complexity index is 333. The van der Waals surface area contributed by atoms with Crippen LogP contribution in [0.15, 0.2) is 36.0 Å². The molecule has 0 unspecified atom stereocenters. The van der Waals surface area contributed by atoms with E-state index in [0.717, 1.165) is 0 Å². The Morgan fingerprint density at radius 3 is 2.30 bits per heavy atom.